The molecule has 1 atom stereocenters. The van der Waals surface area contributed by atoms with Crippen LogP contribution in [-0.2, 0) is 4.74 Å². The summed E-state index contributed by atoms with van der Waals surface area (Å²) in [6, 6.07) is 8.59. The van der Waals surface area contributed by atoms with Crippen LogP contribution >= 0.6 is 0 Å². The van der Waals surface area contributed by atoms with Gasteiger partial charge in [-0.1, -0.05) is 43.7 Å². The number of benzene rings is 1. The molecule has 0 saturated carbocycles. The minimum absolute atomic E-state index is 0.196. The first-order valence-electron chi connectivity index (χ1n) is 5.96. The topological polar surface area (TPSA) is 21.3 Å². The van der Waals surface area contributed by atoms with Crippen molar-refractivity contribution in [1.29, 1.82) is 0 Å². The fourth-order valence-corrected chi connectivity index (χ4v) is 2.06. The molecule has 0 aromatic heterocycles. The number of hydrogen-bond donors (Lipinski definition) is 1. The second kappa shape index (κ2) is 4.56. The van der Waals surface area contributed by atoms with E-state index >= 15 is 0 Å². The summed E-state index contributed by atoms with van der Waals surface area (Å²) in [7, 11) is 0. The quantitative estimate of drug-likeness (QED) is 0.784. The van der Waals surface area contributed by atoms with E-state index in [0.29, 0.717) is 0 Å². The summed E-state index contributed by atoms with van der Waals surface area (Å²) in [5, 5.41) is 3.48. The maximum atomic E-state index is 6.00. The fourth-order valence-electron chi connectivity index (χ4n) is 2.06. The van der Waals surface area contributed by atoms with E-state index in [1.165, 1.54) is 11.1 Å². The maximum absolute atomic E-state index is 6.00. The van der Waals surface area contributed by atoms with E-state index < -0.39 is 0 Å². The highest BCUT2D eigenvalue weighted by atomic mass is 16.5. The van der Waals surface area contributed by atoms with Gasteiger partial charge in [0.1, 0.15) is 0 Å². The molecule has 0 radical (unpaired) electrons. The third kappa shape index (κ3) is 2.83. The zero-order valence-corrected chi connectivity index (χ0v) is 10.4. The Hall–Kier alpha value is -0.860. The van der Waals surface area contributed by atoms with Gasteiger partial charge in [-0.3, -0.25) is 0 Å². The zero-order valence-electron chi connectivity index (χ0n) is 10.4. The largest absolute Gasteiger partial charge is 0.372 e. The molecular formula is C14H21NO. The Morgan fingerprint density at radius 1 is 1.38 bits per heavy atom. The van der Waals surface area contributed by atoms with Gasteiger partial charge in [-0.2, -0.15) is 0 Å². The van der Waals surface area contributed by atoms with Crippen LogP contribution in [0.1, 0.15) is 31.1 Å². The number of hydrogen-bond acceptors (Lipinski definition) is 2. The lowest BCUT2D eigenvalue weighted by Gasteiger charge is -2.21. The first-order chi connectivity index (χ1) is 7.57. The smallest absolute Gasteiger partial charge is 0.0949 e. The van der Waals surface area contributed by atoms with Crippen molar-refractivity contribution >= 4 is 0 Å². The lowest BCUT2D eigenvalue weighted by molar-refractivity contribution is 0.0260. The Morgan fingerprint density at radius 3 is 2.94 bits per heavy atom. The van der Waals surface area contributed by atoms with Gasteiger partial charge in [0.25, 0.3) is 0 Å². The Kier molecular flexibility index (Phi) is 3.31. The summed E-state index contributed by atoms with van der Waals surface area (Å²) in [5.74, 6) is 0. The van der Waals surface area contributed by atoms with E-state index in [-0.39, 0.29) is 11.5 Å². The predicted molar refractivity (Wildman–Crippen MR) is 66.5 cm³/mol. The predicted octanol–water partition coefficient (Wildman–Crippen LogP) is 2.68. The Bertz CT molecular complexity index is 360. The SMILES string of the molecule is Cc1cccc(C2CNCC(C)(C)CO2)c1. The van der Waals surface area contributed by atoms with Gasteiger partial charge >= 0.3 is 0 Å². The van der Waals surface area contributed by atoms with Crippen molar-refractivity contribution in [2.24, 2.45) is 5.41 Å². The summed E-state index contributed by atoms with van der Waals surface area (Å²) < 4.78 is 6.00. The Labute approximate surface area is 98.0 Å². The molecule has 0 bridgehead atoms. The molecule has 2 nitrogen and oxygen atoms in total. The average Bonchev–Trinajstić information content (AvgIpc) is 2.39. The van der Waals surface area contributed by atoms with E-state index in [1.54, 1.807) is 0 Å². The number of ether oxygens (including phenoxy) is 1. The second-order valence-corrected chi connectivity index (χ2v) is 5.51. The van der Waals surface area contributed by atoms with E-state index in [4.69, 9.17) is 4.74 Å². The lowest BCUT2D eigenvalue weighted by Crippen LogP contribution is -2.29. The van der Waals surface area contributed by atoms with Gasteiger partial charge in [0.05, 0.1) is 12.7 Å². The van der Waals surface area contributed by atoms with Gasteiger partial charge in [-0.25, -0.2) is 0 Å². The molecule has 1 aliphatic heterocycles. The Morgan fingerprint density at radius 2 is 2.19 bits per heavy atom. The summed E-state index contributed by atoms with van der Waals surface area (Å²) >= 11 is 0. The summed E-state index contributed by atoms with van der Waals surface area (Å²) in [6.07, 6.45) is 0.196. The van der Waals surface area contributed by atoms with Crippen LogP contribution in [0.25, 0.3) is 0 Å². The lowest BCUT2D eigenvalue weighted by atomic mass is 9.95. The monoisotopic (exact) mass is 219 g/mol. The normalized spacial score (nSPS) is 25.1. The molecule has 0 aliphatic carbocycles. The average molecular weight is 219 g/mol. The van der Waals surface area contributed by atoms with E-state index in [0.717, 1.165) is 19.7 Å². The molecule has 1 N–H and O–H groups in total. The molecule has 1 heterocycles. The molecule has 1 saturated heterocycles. The number of nitrogens with one attached hydrogen (secondary N) is 1. The first kappa shape index (κ1) is 11.6. The third-order valence-corrected chi connectivity index (χ3v) is 3.02. The highest BCUT2D eigenvalue weighted by Crippen LogP contribution is 2.25. The van der Waals surface area contributed by atoms with Crippen molar-refractivity contribution in [3.8, 4) is 0 Å². The highest BCUT2D eigenvalue weighted by molar-refractivity contribution is 5.24. The molecule has 0 amide bonds. The maximum Gasteiger partial charge on any atom is 0.0949 e. The fraction of sp³-hybridized carbons (Fsp3) is 0.571. The van der Waals surface area contributed by atoms with Gasteiger partial charge in [0.15, 0.2) is 0 Å². The van der Waals surface area contributed by atoms with Crippen LogP contribution in [0.5, 0.6) is 0 Å². The molecule has 2 rings (SSSR count). The van der Waals surface area contributed by atoms with E-state index in [9.17, 15) is 0 Å². The van der Waals surface area contributed by atoms with Crippen molar-refractivity contribution in [3.63, 3.8) is 0 Å². The number of rotatable bonds is 1. The minimum Gasteiger partial charge on any atom is -0.372 e. The molecule has 0 spiro atoms. The van der Waals surface area contributed by atoms with Gasteiger partial charge < -0.3 is 10.1 Å². The standard InChI is InChI=1S/C14H21NO/c1-11-5-4-6-12(7-11)13-8-15-9-14(2,3)10-16-13/h4-7,13,15H,8-10H2,1-3H3. The molecule has 88 valence electrons. The molecule has 1 aromatic carbocycles. The molecule has 1 unspecified atom stereocenters. The summed E-state index contributed by atoms with van der Waals surface area (Å²) in [5.41, 5.74) is 2.81. The van der Waals surface area contributed by atoms with Crippen molar-refractivity contribution in [2.75, 3.05) is 19.7 Å². The van der Waals surface area contributed by atoms with Crippen molar-refractivity contribution < 1.29 is 4.74 Å². The van der Waals surface area contributed by atoms with Crippen LogP contribution in [0, 0.1) is 12.3 Å². The van der Waals surface area contributed by atoms with Crippen molar-refractivity contribution in [1.82, 2.24) is 5.32 Å². The molecule has 1 aromatic rings. The van der Waals surface area contributed by atoms with Crippen LogP contribution in [-0.4, -0.2) is 19.7 Å². The molecule has 16 heavy (non-hydrogen) atoms. The third-order valence-electron chi connectivity index (χ3n) is 3.02. The van der Waals surface area contributed by atoms with Gasteiger partial charge in [0, 0.05) is 18.5 Å². The Balaban J connectivity index is 2.11. The summed E-state index contributed by atoms with van der Waals surface area (Å²) in [6.45, 7) is 9.34. The van der Waals surface area contributed by atoms with Crippen LogP contribution < -0.4 is 5.32 Å². The zero-order chi connectivity index (χ0) is 11.6. The van der Waals surface area contributed by atoms with Crippen LogP contribution in [0.3, 0.4) is 0 Å². The first-order valence-corrected chi connectivity index (χ1v) is 5.96. The number of aryl methyl sites for hydroxylation is 1. The van der Waals surface area contributed by atoms with E-state index in [1.807, 2.05) is 0 Å². The molecular weight excluding hydrogens is 198 g/mol. The van der Waals surface area contributed by atoms with Crippen LogP contribution in [0.2, 0.25) is 0 Å². The van der Waals surface area contributed by atoms with Gasteiger partial charge in [0.2, 0.25) is 0 Å². The van der Waals surface area contributed by atoms with Crippen molar-refractivity contribution in [2.45, 2.75) is 26.9 Å². The van der Waals surface area contributed by atoms with Crippen LogP contribution in [0.4, 0.5) is 0 Å². The minimum atomic E-state index is 0.196. The van der Waals surface area contributed by atoms with Crippen LogP contribution in [0.15, 0.2) is 24.3 Å². The summed E-state index contributed by atoms with van der Waals surface area (Å²) in [4.78, 5) is 0. The second-order valence-electron chi connectivity index (χ2n) is 5.51. The van der Waals surface area contributed by atoms with Gasteiger partial charge in [-0.15, -0.1) is 0 Å². The molecule has 2 heteroatoms. The molecule has 1 aliphatic rings. The van der Waals surface area contributed by atoms with E-state index in [2.05, 4.69) is 50.4 Å². The van der Waals surface area contributed by atoms with Crippen molar-refractivity contribution in [3.05, 3.63) is 35.4 Å². The highest BCUT2D eigenvalue weighted by Gasteiger charge is 2.25. The van der Waals surface area contributed by atoms with Gasteiger partial charge in [-0.05, 0) is 12.5 Å². The molecule has 1 fully saturated rings.